The van der Waals surface area contributed by atoms with E-state index in [1.165, 1.54) is 23.3 Å². The third kappa shape index (κ3) is 4.63. The van der Waals surface area contributed by atoms with E-state index in [2.05, 4.69) is 46.2 Å². The van der Waals surface area contributed by atoms with Crippen LogP contribution in [0.25, 0.3) is 0 Å². The summed E-state index contributed by atoms with van der Waals surface area (Å²) in [5.74, 6) is -0.225. The van der Waals surface area contributed by atoms with E-state index in [1.807, 2.05) is 6.07 Å². The van der Waals surface area contributed by atoms with Gasteiger partial charge in [0.05, 0.1) is 6.21 Å². The summed E-state index contributed by atoms with van der Waals surface area (Å²) in [6.45, 7) is 6.89. The molecule has 1 heterocycles. The normalized spacial score (nSPS) is 16.2. The van der Waals surface area contributed by atoms with Crippen molar-refractivity contribution >= 4 is 6.21 Å². The highest BCUT2D eigenvalue weighted by Crippen LogP contribution is 2.10. The largest absolute Gasteiger partial charge is 0.295 e. The number of piperazine rings is 1. The Morgan fingerprint density at radius 1 is 1.04 bits per heavy atom. The summed E-state index contributed by atoms with van der Waals surface area (Å²) < 4.78 is 13.1. The van der Waals surface area contributed by atoms with E-state index >= 15 is 0 Å². The number of rotatable bonds is 4. The molecular formula is C19H22FN3. The van der Waals surface area contributed by atoms with E-state index < -0.39 is 0 Å². The first kappa shape index (κ1) is 15.7. The topological polar surface area (TPSA) is 18.8 Å². The van der Waals surface area contributed by atoms with Gasteiger partial charge in [-0.2, -0.15) is 5.10 Å². The molecule has 2 aromatic rings. The molecule has 0 spiro atoms. The second-order valence-electron chi connectivity index (χ2n) is 6.01. The van der Waals surface area contributed by atoms with E-state index in [1.54, 1.807) is 12.3 Å². The molecule has 0 saturated carbocycles. The van der Waals surface area contributed by atoms with Gasteiger partial charge in [-0.05, 0) is 30.2 Å². The molecule has 2 aromatic carbocycles. The number of nitrogens with zero attached hydrogens (tertiary/aromatic N) is 3. The van der Waals surface area contributed by atoms with Gasteiger partial charge in [0.2, 0.25) is 0 Å². The molecule has 0 aromatic heterocycles. The Hall–Kier alpha value is -2.20. The van der Waals surface area contributed by atoms with Crippen LogP contribution in [0.3, 0.4) is 0 Å². The molecule has 23 heavy (non-hydrogen) atoms. The van der Waals surface area contributed by atoms with Crippen molar-refractivity contribution in [2.45, 2.75) is 13.5 Å². The van der Waals surface area contributed by atoms with E-state index in [4.69, 9.17) is 0 Å². The first-order valence-electron chi connectivity index (χ1n) is 8.01. The second-order valence-corrected chi connectivity index (χ2v) is 6.01. The Kier molecular flexibility index (Phi) is 5.03. The molecule has 4 heteroatoms. The summed E-state index contributed by atoms with van der Waals surface area (Å²) in [5.41, 5.74) is 3.45. The van der Waals surface area contributed by atoms with Gasteiger partial charge in [-0.1, -0.05) is 42.0 Å². The van der Waals surface area contributed by atoms with Crippen LogP contribution in [-0.4, -0.2) is 42.3 Å². The maximum Gasteiger partial charge on any atom is 0.123 e. The zero-order valence-electron chi connectivity index (χ0n) is 13.5. The number of aryl methyl sites for hydroxylation is 1. The number of benzene rings is 2. The van der Waals surface area contributed by atoms with Crippen molar-refractivity contribution < 1.29 is 4.39 Å². The fraction of sp³-hybridized carbons (Fsp3) is 0.316. The van der Waals surface area contributed by atoms with E-state index in [-0.39, 0.29) is 5.82 Å². The third-order valence-electron chi connectivity index (χ3n) is 4.09. The smallest absolute Gasteiger partial charge is 0.123 e. The molecule has 3 rings (SSSR count). The van der Waals surface area contributed by atoms with Gasteiger partial charge in [-0.3, -0.25) is 9.91 Å². The van der Waals surface area contributed by atoms with Crippen LogP contribution in [0.1, 0.15) is 16.7 Å². The van der Waals surface area contributed by atoms with Crippen LogP contribution in [0.2, 0.25) is 0 Å². The van der Waals surface area contributed by atoms with Crippen LogP contribution in [0.4, 0.5) is 4.39 Å². The molecule has 3 nitrogen and oxygen atoms in total. The quantitative estimate of drug-likeness (QED) is 0.807. The van der Waals surface area contributed by atoms with Crippen LogP contribution in [-0.2, 0) is 6.54 Å². The lowest BCUT2D eigenvalue weighted by molar-refractivity contribution is 0.131. The highest BCUT2D eigenvalue weighted by atomic mass is 19.1. The van der Waals surface area contributed by atoms with Gasteiger partial charge in [0.25, 0.3) is 0 Å². The fourth-order valence-electron chi connectivity index (χ4n) is 2.70. The van der Waals surface area contributed by atoms with Crippen LogP contribution < -0.4 is 0 Å². The van der Waals surface area contributed by atoms with Gasteiger partial charge >= 0.3 is 0 Å². The van der Waals surface area contributed by atoms with E-state index in [0.717, 1.165) is 38.3 Å². The molecular weight excluding hydrogens is 289 g/mol. The highest BCUT2D eigenvalue weighted by molar-refractivity contribution is 5.79. The molecule has 1 saturated heterocycles. The van der Waals surface area contributed by atoms with Crippen molar-refractivity contribution in [2.24, 2.45) is 5.10 Å². The maximum atomic E-state index is 13.1. The Morgan fingerprint density at radius 2 is 1.78 bits per heavy atom. The Labute approximate surface area is 137 Å². The summed E-state index contributed by atoms with van der Waals surface area (Å²) in [5, 5.41) is 6.51. The van der Waals surface area contributed by atoms with Gasteiger partial charge in [0.1, 0.15) is 5.82 Å². The molecule has 1 fully saturated rings. The Bertz CT molecular complexity index is 659. The first-order chi connectivity index (χ1) is 11.2. The van der Waals surface area contributed by atoms with Gasteiger partial charge in [-0.25, -0.2) is 4.39 Å². The average Bonchev–Trinajstić information content (AvgIpc) is 2.56. The SMILES string of the molecule is Cc1ccc(CN2CCN(/N=C\c3cccc(F)c3)CC2)cc1. The number of hydrazone groups is 1. The molecule has 0 radical (unpaired) electrons. The van der Waals surface area contributed by atoms with Crippen LogP contribution in [0.5, 0.6) is 0 Å². The lowest BCUT2D eigenvalue weighted by Gasteiger charge is -2.33. The van der Waals surface area contributed by atoms with Crippen molar-refractivity contribution in [1.82, 2.24) is 9.91 Å². The third-order valence-corrected chi connectivity index (χ3v) is 4.09. The number of halogens is 1. The minimum atomic E-state index is -0.225. The Morgan fingerprint density at radius 3 is 2.48 bits per heavy atom. The molecule has 1 aliphatic rings. The van der Waals surface area contributed by atoms with Gasteiger partial charge in [0.15, 0.2) is 0 Å². The predicted octanol–water partition coefficient (Wildman–Crippen LogP) is 3.29. The van der Waals surface area contributed by atoms with Crippen LogP contribution in [0.15, 0.2) is 53.6 Å². The zero-order valence-corrected chi connectivity index (χ0v) is 13.5. The lowest BCUT2D eigenvalue weighted by atomic mass is 10.1. The maximum absolute atomic E-state index is 13.1. The molecule has 120 valence electrons. The first-order valence-corrected chi connectivity index (χ1v) is 8.01. The molecule has 0 amide bonds. The van der Waals surface area contributed by atoms with Gasteiger partial charge in [0, 0.05) is 32.7 Å². The van der Waals surface area contributed by atoms with Crippen molar-refractivity contribution in [3.63, 3.8) is 0 Å². The summed E-state index contributed by atoms with van der Waals surface area (Å²) in [6, 6.07) is 15.2. The summed E-state index contributed by atoms with van der Waals surface area (Å²) >= 11 is 0. The summed E-state index contributed by atoms with van der Waals surface area (Å²) in [4.78, 5) is 2.44. The van der Waals surface area contributed by atoms with Crippen LogP contribution >= 0.6 is 0 Å². The van der Waals surface area contributed by atoms with Crippen molar-refractivity contribution in [3.8, 4) is 0 Å². The zero-order chi connectivity index (χ0) is 16.1. The summed E-state index contributed by atoms with van der Waals surface area (Å²) in [6.07, 6.45) is 1.73. The van der Waals surface area contributed by atoms with E-state index in [0.29, 0.717) is 0 Å². The monoisotopic (exact) mass is 311 g/mol. The van der Waals surface area contributed by atoms with Crippen LogP contribution in [0, 0.1) is 12.7 Å². The lowest BCUT2D eigenvalue weighted by Crippen LogP contribution is -2.43. The highest BCUT2D eigenvalue weighted by Gasteiger charge is 2.15. The molecule has 0 N–H and O–H groups in total. The number of hydrogen-bond donors (Lipinski definition) is 0. The molecule has 0 aliphatic carbocycles. The standard InChI is InChI=1S/C19H22FN3/c1-16-5-7-17(8-6-16)15-22-9-11-23(12-10-22)21-14-18-3-2-4-19(20)13-18/h2-8,13-14H,9-12,15H2,1H3/b21-14-. The second kappa shape index (κ2) is 7.38. The molecule has 1 aliphatic heterocycles. The minimum absolute atomic E-state index is 0.225. The predicted molar refractivity (Wildman–Crippen MR) is 92.0 cm³/mol. The summed E-state index contributed by atoms with van der Waals surface area (Å²) in [7, 11) is 0. The van der Waals surface area contributed by atoms with Gasteiger partial charge in [-0.15, -0.1) is 0 Å². The number of hydrogen-bond acceptors (Lipinski definition) is 3. The molecule has 0 bridgehead atoms. The average molecular weight is 311 g/mol. The van der Waals surface area contributed by atoms with Crippen molar-refractivity contribution in [2.75, 3.05) is 26.2 Å². The molecule has 0 atom stereocenters. The fourth-order valence-corrected chi connectivity index (χ4v) is 2.70. The van der Waals surface area contributed by atoms with Crippen molar-refractivity contribution in [1.29, 1.82) is 0 Å². The Balaban J connectivity index is 1.49. The minimum Gasteiger partial charge on any atom is -0.295 e. The molecule has 0 unspecified atom stereocenters. The van der Waals surface area contributed by atoms with Crippen molar-refractivity contribution in [3.05, 3.63) is 71.0 Å². The van der Waals surface area contributed by atoms with E-state index in [9.17, 15) is 4.39 Å². The van der Waals surface area contributed by atoms with Gasteiger partial charge < -0.3 is 0 Å².